The fourth-order valence-electron chi connectivity index (χ4n) is 2.06. The van der Waals surface area contributed by atoms with E-state index in [9.17, 15) is 5.11 Å². The van der Waals surface area contributed by atoms with Crippen molar-refractivity contribution in [1.82, 2.24) is 0 Å². The normalized spacial score (nSPS) is 30.9. The van der Waals surface area contributed by atoms with E-state index in [1.54, 1.807) is 0 Å². The van der Waals surface area contributed by atoms with Crippen molar-refractivity contribution >= 4 is 6.72 Å². The fraction of sp³-hybridized carbons (Fsp3) is 0.727. The highest BCUT2D eigenvalue weighted by molar-refractivity contribution is 5.23. The Morgan fingerprint density at radius 1 is 1.38 bits per heavy atom. The van der Waals surface area contributed by atoms with E-state index in [0.29, 0.717) is 11.8 Å². The second kappa shape index (κ2) is 4.56. The number of nitrogens with zero attached hydrogens (tertiary/aromatic N) is 1. The summed E-state index contributed by atoms with van der Waals surface area (Å²) in [5, 5.41) is 9.46. The Balaban J connectivity index is 2.38. The van der Waals surface area contributed by atoms with E-state index >= 15 is 0 Å². The summed E-state index contributed by atoms with van der Waals surface area (Å²) in [6.07, 6.45) is 3.85. The molecule has 13 heavy (non-hydrogen) atoms. The van der Waals surface area contributed by atoms with Crippen molar-refractivity contribution in [3.63, 3.8) is 0 Å². The van der Waals surface area contributed by atoms with E-state index < -0.39 is 6.23 Å². The van der Waals surface area contributed by atoms with E-state index in [2.05, 4.69) is 25.2 Å². The van der Waals surface area contributed by atoms with E-state index in [0.717, 1.165) is 25.7 Å². The maximum absolute atomic E-state index is 9.46. The molecule has 0 aliphatic heterocycles. The van der Waals surface area contributed by atoms with Gasteiger partial charge in [0, 0.05) is 5.92 Å². The lowest BCUT2D eigenvalue weighted by molar-refractivity contribution is 0.0858. The molecule has 0 heterocycles. The fourth-order valence-corrected chi connectivity index (χ4v) is 2.06. The van der Waals surface area contributed by atoms with Crippen LogP contribution in [0.2, 0.25) is 0 Å². The molecule has 0 radical (unpaired) electrons. The second-order valence-corrected chi connectivity index (χ2v) is 4.05. The van der Waals surface area contributed by atoms with Crippen LogP contribution in [-0.4, -0.2) is 18.1 Å². The number of hydrogen-bond acceptors (Lipinski definition) is 2. The Morgan fingerprint density at radius 2 is 1.92 bits per heavy atom. The summed E-state index contributed by atoms with van der Waals surface area (Å²) in [6, 6.07) is 0. The summed E-state index contributed by atoms with van der Waals surface area (Å²) in [6.45, 7) is 9.43. The van der Waals surface area contributed by atoms with Gasteiger partial charge in [-0.25, -0.2) is 0 Å². The van der Waals surface area contributed by atoms with Gasteiger partial charge in [-0.15, -0.1) is 0 Å². The van der Waals surface area contributed by atoms with Crippen LogP contribution in [0, 0.1) is 11.8 Å². The lowest BCUT2D eigenvalue weighted by atomic mass is 9.78. The third kappa shape index (κ3) is 2.66. The van der Waals surface area contributed by atoms with E-state index in [4.69, 9.17) is 0 Å². The molecule has 0 aromatic heterocycles. The first-order chi connectivity index (χ1) is 6.15. The van der Waals surface area contributed by atoms with Crippen molar-refractivity contribution in [3.05, 3.63) is 12.2 Å². The molecular formula is C11H19NO. The van der Waals surface area contributed by atoms with Gasteiger partial charge in [-0.1, -0.05) is 12.2 Å². The summed E-state index contributed by atoms with van der Waals surface area (Å²) in [5.74, 6) is 0.987. The van der Waals surface area contributed by atoms with Gasteiger partial charge in [-0.2, -0.15) is 0 Å². The molecule has 2 nitrogen and oxygen atoms in total. The summed E-state index contributed by atoms with van der Waals surface area (Å²) >= 11 is 0. The quantitative estimate of drug-likeness (QED) is 0.526. The first kappa shape index (κ1) is 10.5. The maximum Gasteiger partial charge on any atom is 0.147 e. The zero-order valence-electron chi connectivity index (χ0n) is 8.37. The number of aliphatic imine (C=N–C) groups is 1. The zero-order chi connectivity index (χ0) is 9.84. The highest BCUT2D eigenvalue weighted by Crippen LogP contribution is 2.34. The largest absolute Gasteiger partial charge is 0.372 e. The SMILES string of the molecule is C=NC(O)C1CCC(C(=C)C)CC1. The van der Waals surface area contributed by atoms with Gasteiger partial charge in [0.1, 0.15) is 6.23 Å². The summed E-state index contributed by atoms with van der Waals surface area (Å²) in [5.41, 5.74) is 1.28. The van der Waals surface area contributed by atoms with Gasteiger partial charge >= 0.3 is 0 Å². The third-order valence-corrected chi connectivity index (χ3v) is 3.08. The van der Waals surface area contributed by atoms with Gasteiger partial charge in [0.05, 0.1) is 0 Å². The van der Waals surface area contributed by atoms with E-state index in [-0.39, 0.29) is 0 Å². The Bertz CT molecular complexity index is 192. The molecule has 1 fully saturated rings. The minimum atomic E-state index is -0.550. The average Bonchev–Trinajstić information content (AvgIpc) is 2.17. The predicted molar refractivity (Wildman–Crippen MR) is 55.8 cm³/mol. The number of rotatable bonds is 3. The first-order valence-electron chi connectivity index (χ1n) is 4.94. The number of allylic oxidation sites excluding steroid dienone is 1. The molecule has 74 valence electrons. The van der Waals surface area contributed by atoms with Crippen LogP contribution in [0.5, 0.6) is 0 Å². The van der Waals surface area contributed by atoms with Crippen LogP contribution in [0.1, 0.15) is 32.6 Å². The summed E-state index contributed by atoms with van der Waals surface area (Å²) < 4.78 is 0. The van der Waals surface area contributed by atoms with Crippen LogP contribution < -0.4 is 0 Å². The predicted octanol–water partition coefficient (Wildman–Crippen LogP) is 2.39. The van der Waals surface area contributed by atoms with Crippen molar-refractivity contribution in [1.29, 1.82) is 0 Å². The van der Waals surface area contributed by atoms with Gasteiger partial charge in [0.2, 0.25) is 0 Å². The second-order valence-electron chi connectivity index (χ2n) is 4.05. The first-order valence-corrected chi connectivity index (χ1v) is 4.94. The van der Waals surface area contributed by atoms with Crippen molar-refractivity contribution in [2.75, 3.05) is 0 Å². The molecule has 1 saturated carbocycles. The van der Waals surface area contributed by atoms with Crippen LogP contribution in [0.3, 0.4) is 0 Å². The molecule has 1 rings (SSSR count). The Hall–Kier alpha value is -0.630. The highest BCUT2D eigenvalue weighted by atomic mass is 16.3. The van der Waals surface area contributed by atoms with Gasteiger partial charge < -0.3 is 5.11 Å². The van der Waals surface area contributed by atoms with Gasteiger partial charge in [-0.3, -0.25) is 4.99 Å². The average molecular weight is 181 g/mol. The molecule has 0 bridgehead atoms. The molecule has 1 N–H and O–H groups in total. The van der Waals surface area contributed by atoms with Crippen molar-refractivity contribution < 1.29 is 5.11 Å². The molecule has 0 aromatic carbocycles. The summed E-state index contributed by atoms with van der Waals surface area (Å²) in [4.78, 5) is 3.67. The monoisotopic (exact) mass is 181 g/mol. The minimum Gasteiger partial charge on any atom is -0.372 e. The molecule has 1 unspecified atom stereocenters. The van der Waals surface area contributed by atoms with E-state index in [1.165, 1.54) is 5.57 Å². The molecule has 0 amide bonds. The molecule has 1 atom stereocenters. The number of hydrogen-bond donors (Lipinski definition) is 1. The van der Waals surface area contributed by atoms with Gasteiger partial charge in [-0.05, 0) is 45.2 Å². The van der Waals surface area contributed by atoms with Crippen LogP contribution in [-0.2, 0) is 0 Å². The maximum atomic E-state index is 9.46. The minimum absolute atomic E-state index is 0.327. The summed E-state index contributed by atoms with van der Waals surface area (Å²) in [7, 11) is 0. The smallest absolute Gasteiger partial charge is 0.147 e. The molecule has 1 aliphatic rings. The van der Waals surface area contributed by atoms with Crippen LogP contribution in [0.25, 0.3) is 0 Å². The molecule has 0 saturated heterocycles. The molecule has 2 heteroatoms. The Kier molecular flexibility index (Phi) is 3.67. The number of aliphatic hydroxyl groups is 1. The van der Waals surface area contributed by atoms with Gasteiger partial charge in [0.25, 0.3) is 0 Å². The Labute approximate surface area is 80.4 Å². The van der Waals surface area contributed by atoms with Crippen molar-refractivity contribution in [3.8, 4) is 0 Å². The third-order valence-electron chi connectivity index (χ3n) is 3.08. The van der Waals surface area contributed by atoms with Crippen LogP contribution in [0.15, 0.2) is 17.1 Å². The van der Waals surface area contributed by atoms with Crippen LogP contribution >= 0.6 is 0 Å². The molecule has 0 aromatic rings. The van der Waals surface area contributed by atoms with E-state index in [1.807, 2.05) is 0 Å². The van der Waals surface area contributed by atoms with Crippen molar-refractivity contribution in [2.45, 2.75) is 38.8 Å². The van der Waals surface area contributed by atoms with Gasteiger partial charge in [0.15, 0.2) is 0 Å². The molecule has 1 aliphatic carbocycles. The van der Waals surface area contributed by atoms with Crippen molar-refractivity contribution in [2.24, 2.45) is 16.8 Å². The number of aliphatic hydroxyl groups excluding tert-OH is 1. The molecular weight excluding hydrogens is 162 g/mol. The zero-order valence-corrected chi connectivity index (χ0v) is 8.37. The topological polar surface area (TPSA) is 32.6 Å². The standard InChI is InChI=1S/C11H19NO/c1-8(2)9-4-6-10(7-5-9)11(13)12-3/h9-11,13H,1,3-7H2,2H3. The lowest BCUT2D eigenvalue weighted by Crippen LogP contribution is -2.24. The Morgan fingerprint density at radius 3 is 2.31 bits per heavy atom. The molecule has 0 spiro atoms. The highest BCUT2D eigenvalue weighted by Gasteiger charge is 2.25. The van der Waals surface area contributed by atoms with Crippen LogP contribution in [0.4, 0.5) is 0 Å². The lowest BCUT2D eigenvalue weighted by Gasteiger charge is -2.29.